The summed E-state index contributed by atoms with van der Waals surface area (Å²) in [4.78, 5) is 38.6. The molecule has 1 aliphatic heterocycles. The summed E-state index contributed by atoms with van der Waals surface area (Å²) < 4.78 is 42.6. The molecule has 0 aliphatic carbocycles. The van der Waals surface area contributed by atoms with Crippen LogP contribution in [-0.2, 0) is 4.79 Å². The molecule has 0 spiro atoms. The summed E-state index contributed by atoms with van der Waals surface area (Å²) in [6.45, 7) is 0.277. The fourth-order valence-electron chi connectivity index (χ4n) is 3.88. The van der Waals surface area contributed by atoms with Gasteiger partial charge < -0.3 is 29.8 Å². The molecule has 2 aromatic heterocycles. The summed E-state index contributed by atoms with van der Waals surface area (Å²) in [5.74, 6) is -2.22. The molecule has 178 valence electrons. The average molecular weight is 476 g/mol. The maximum Gasteiger partial charge on any atom is 0.573 e. The molecule has 1 aromatic carbocycles. The van der Waals surface area contributed by atoms with Gasteiger partial charge in [0.2, 0.25) is 5.91 Å². The SMILES string of the molecule is O=C(O)c1cc(NC(=O)N2CCC[C@H]2C(=O)Nc2cccc(OC(F)(F)F)c2)c2ccccn12. The van der Waals surface area contributed by atoms with E-state index in [2.05, 4.69) is 15.4 Å². The Hall–Kier alpha value is -4.22. The van der Waals surface area contributed by atoms with Crippen LogP contribution in [0.15, 0.2) is 54.7 Å². The molecule has 0 unspecified atom stereocenters. The smallest absolute Gasteiger partial charge is 0.477 e. The van der Waals surface area contributed by atoms with E-state index in [9.17, 15) is 32.7 Å². The highest BCUT2D eigenvalue weighted by atomic mass is 19.4. The maximum atomic E-state index is 12.9. The lowest BCUT2D eigenvalue weighted by Gasteiger charge is -2.24. The summed E-state index contributed by atoms with van der Waals surface area (Å²) in [5, 5.41) is 14.6. The van der Waals surface area contributed by atoms with Crippen molar-refractivity contribution in [2.75, 3.05) is 17.2 Å². The number of carboxylic acids is 1. The van der Waals surface area contributed by atoms with Crippen LogP contribution in [0.3, 0.4) is 0 Å². The number of nitrogens with one attached hydrogen (secondary N) is 2. The van der Waals surface area contributed by atoms with E-state index >= 15 is 0 Å². The number of benzene rings is 1. The third kappa shape index (κ3) is 4.90. The zero-order valence-corrected chi connectivity index (χ0v) is 17.5. The molecule has 1 saturated heterocycles. The van der Waals surface area contributed by atoms with Gasteiger partial charge in [-0.15, -0.1) is 13.2 Å². The minimum absolute atomic E-state index is 0.0393. The number of ether oxygens (including phenoxy) is 1. The Kier molecular flexibility index (Phi) is 6.05. The number of aromatic nitrogens is 1. The van der Waals surface area contributed by atoms with Crippen molar-refractivity contribution in [3.8, 4) is 5.75 Å². The first-order valence-corrected chi connectivity index (χ1v) is 10.2. The van der Waals surface area contributed by atoms with Crippen LogP contribution >= 0.6 is 0 Å². The van der Waals surface area contributed by atoms with E-state index in [1.54, 1.807) is 24.4 Å². The first-order chi connectivity index (χ1) is 16.1. The number of alkyl halides is 3. The zero-order chi connectivity index (χ0) is 24.5. The number of urea groups is 1. The highest BCUT2D eigenvalue weighted by molar-refractivity contribution is 6.02. The van der Waals surface area contributed by atoms with Gasteiger partial charge in [-0.2, -0.15) is 0 Å². The summed E-state index contributed by atoms with van der Waals surface area (Å²) in [6.07, 6.45) is -2.42. The van der Waals surface area contributed by atoms with Gasteiger partial charge >= 0.3 is 18.4 Å². The highest BCUT2D eigenvalue weighted by Crippen LogP contribution is 2.27. The molecular formula is C22H19F3N4O5. The Morgan fingerprint density at radius 1 is 1.06 bits per heavy atom. The number of rotatable bonds is 5. The Bertz CT molecular complexity index is 1260. The molecule has 1 atom stereocenters. The van der Waals surface area contributed by atoms with Gasteiger partial charge in [0.05, 0.1) is 11.2 Å². The normalized spacial score (nSPS) is 15.9. The molecule has 0 radical (unpaired) electrons. The molecule has 1 aliphatic rings. The summed E-state index contributed by atoms with van der Waals surface area (Å²) >= 11 is 0. The van der Waals surface area contributed by atoms with Crippen LogP contribution in [-0.4, -0.2) is 51.3 Å². The standard InChI is InChI=1S/C22H19F3N4O5/c23-22(24,25)34-14-6-3-5-13(11-14)26-19(30)17-8-4-10-29(17)21(33)27-15-12-18(20(31)32)28-9-2-1-7-16(15)28/h1-3,5-7,9,11-12,17H,4,8,10H2,(H,26,30)(H,27,33)(H,31,32)/t17-/m0/s1. The molecule has 4 rings (SSSR count). The summed E-state index contributed by atoms with van der Waals surface area (Å²) in [5.41, 5.74) is 0.784. The number of anilines is 2. The Balaban J connectivity index is 1.48. The number of halogens is 3. The van der Waals surface area contributed by atoms with Gasteiger partial charge in [0.25, 0.3) is 0 Å². The average Bonchev–Trinajstić information content (AvgIpc) is 3.38. The van der Waals surface area contributed by atoms with Crippen LogP contribution in [0.2, 0.25) is 0 Å². The van der Waals surface area contributed by atoms with E-state index in [1.807, 2.05) is 0 Å². The van der Waals surface area contributed by atoms with Crippen molar-refractivity contribution in [1.29, 1.82) is 0 Å². The van der Waals surface area contributed by atoms with E-state index in [0.717, 1.165) is 12.1 Å². The van der Waals surface area contributed by atoms with Crippen LogP contribution in [0.25, 0.3) is 5.52 Å². The van der Waals surface area contributed by atoms with Crippen LogP contribution in [0.5, 0.6) is 5.75 Å². The Labute approximate surface area is 190 Å². The van der Waals surface area contributed by atoms with Crippen LogP contribution in [0.4, 0.5) is 29.3 Å². The fourth-order valence-corrected chi connectivity index (χ4v) is 3.88. The van der Waals surface area contributed by atoms with Gasteiger partial charge in [0.15, 0.2) is 0 Å². The largest absolute Gasteiger partial charge is 0.573 e. The van der Waals surface area contributed by atoms with Gasteiger partial charge in [-0.3, -0.25) is 4.79 Å². The quantitative estimate of drug-likeness (QED) is 0.512. The molecule has 0 saturated carbocycles. The number of carboxylic acid groups (broad SMARTS) is 1. The second-order valence-corrected chi connectivity index (χ2v) is 7.55. The lowest BCUT2D eigenvalue weighted by Crippen LogP contribution is -2.45. The molecule has 3 amide bonds. The topological polar surface area (TPSA) is 112 Å². The predicted molar refractivity (Wildman–Crippen MR) is 115 cm³/mol. The number of carbonyl (C=O) groups is 3. The van der Waals surface area contributed by atoms with Crippen molar-refractivity contribution >= 4 is 34.8 Å². The minimum atomic E-state index is -4.87. The van der Waals surface area contributed by atoms with Gasteiger partial charge in [-0.25, -0.2) is 9.59 Å². The number of hydrogen-bond acceptors (Lipinski definition) is 4. The maximum absolute atomic E-state index is 12.9. The third-order valence-corrected chi connectivity index (χ3v) is 5.29. The molecule has 1 fully saturated rings. The molecular weight excluding hydrogens is 457 g/mol. The second kappa shape index (κ2) is 8.96. The fraction of sp³-hybridized carbons (Fsp3) is 0.227. The van der Waals surface area contributed by atoms with Crippen molar-refractivity contribution in [2.45, 2.75) is 25.2 Å². The lowest BCUT2D eigenvalue weighted by molar-refractivity contribution is -0.274. The Morgan fingerprint density at radius 3 is 2.59 bits per heavy atom. The zero-order valence-electron chi connectivity index (χ0n) is 17.5. The first kappa shape index (κ1) is 23.0. The van der Waals surface area contributed by atoms with E-state index in [1.165, 1.54) is 27.5 Å². The number of nitrogens with zero attached hydrogens (tertiary/aromatic N) is 2. The molecule has 9 nitrogen and oxygen atoms in total. The Morgan fingerprint density at radius 2 is 1.85 bits per heavy atom. The first-order valence-electron chi connectivity index (χ1n) is 10.2. The number of carbonyl (C=O) groups excluding carboxylic acids is 2. The van der Waals surface area contributed by atoms with Crippen molar-refractivity contribution in [3.05, 3.63) is 60.4 Å². The minimum Gasteiger partial charge on any atom is -0.477 e. The van der Waals surface area contributed by atoms with Crippen LogP contribution < -0.4 is 15.4 Å². The van der Waals surface area contributed by atoms with Gasteiger partial charge in [0, 0.05) is 24.5 Å². The number of amides is 3. The number of pyridine rings is 1. The number of hydrogen-bond donors (Lipinski definition) is 3. The summed E-state index contributed by atoms with van der Waals surface area (Å²) in [6, 6.07) is 9.70. The van der Waals surface area contributed by atoms with Crippen molar-refractivity contribution < 1.29 is 37.4 Å². The second-order valence-electron chi connectivity index (χ2n) is 7.55. The molecule has 12 heteroatoms. The summed E-state index contributed by atoms with van der Waals surface area (Å²) in [7, 11) is 0. The predicted octanol–water partition coefficient (Wildman–Crippen LogP) is 4.17. The van der Waals surface area contributed by atoms with Crippen LogP contribution in [0, 0.1) is 0 Å². The van der Waals surface area contributed by atoms with Gasteiger partial charge in [-0.05, 0) is 43.2 Å². The monoisotopic (exact) mass is 476 g/mol. The molecule has 0 bridgehead atoms. The van der Waals surface area contributed by atoms with Crippen molar-refractivity contribution in [2.24, 2.45) is 0 Å². The number of likely N-dealkylation sites (tertiary alicyclic amines) is 1. The van der Waals surface area contributed by atoms with Crippen molar-refractivity contribution in [1.82, 2.24) is 9.30 Å². The van der Waals surface area contributed by atoms with E-state index in [0.29, 0.717) is 18.4 Å². The van der Waals surface area contributed by atoms with Crippen molar-refractivity contribution in [3.63, 3.8) is 0 Å². The third-order valence-electron chi connectivity index (χ3n) is 5.29. The molecule has 3 N–H and O–H groups in total. The number of fused-ring (bicyclic) bond motifs is 1. The van der Waals surface area contributed by atoms with E-state index < -0.39 is 36.1 Å². The van der Waals surface area contributed by atoms with E-state index in [-0.39, 0.29) is 23.6 Å². The van der Waals surface area contributed by atoms with Crippen LogP contribution in [0.1, 0.15) is 23.3 Å². The molecule has 34 heavy (non-hydrogen) atoms. The molecule has 3 aromatic rings. The lowest BCUT2D eigenvalue weighted by atomic mass is 10.2. The molecule has 3 heterocycles. The van der Waals surface area contributed by atoms with Gasteiger partial charge in [0.1, 0.15) is 17.5 Å². The number of aromatic carboxylic acids is 1. The van der Waals surface area contributed by atoms with E-state index in [4.69, 9.17) is 0 Å². The highest BCUT2D eigenvalue weighted by Gasteiger charge is 2.35. The van der Waals surface area contributed by atoms with Gasteiger partial charge in [-0.1, -0.05) is 12.1 Å².